The highest BCUT2D eigenvalue weighted by molar-refractivity contribution is 5.95. The Balaban J connectivity index is 2.70. The Morgan fingerprint density at radius 1 is 1.42 bits per heavy atom. The summed E-state index contributed by atoms with van der Waals surface area (Å²) in [6.07, 6.45) is 0.698. The third-order valence-corrected chi connectivity index (χ3v) is 3.42. The first-order valence-electron chi connectivity index (χ1n) is 6.26. The number of nitrogens with two attached hydrogens (primary N) is 1. The number of aromatic carboxylic acids is 1. The van der Waals surface area contributed by atoms with Gasteiger partial charge >= 0.3 is 5.97 Å². The number of carboxylic acids is 1. The third-order valence-electron chi connectivity index (χ3n) is 3.42. The van der Waals surface area contributed by atoms with Crippen molar-refractivity contribution in [1.29, 1.82) is 0 Å². The summed E-state index contributed by atoms with van der Waals surface area (Å²) in [5.74, 6) is -0.937. The van der Waals surface area contributed by atoms with E-state index in [1.807, 2.05) is 11.5 Å². The Morgan fingerprint density at radius 2 is 2.16 bits per heavy atom. The highest BCUT2D eigenvalue weighted by atomic mass is 16.4. The first-order chi connectivity index (χ1) is 9.10. The van der Waals surface area contributed by atoms with E-state index in [1.165, 1.54) is 0 Å². The van der Waals surface area contributed by atoms with Gasteiger partial charge in [-0.25, -0.2) is 4.79 Å². The molecule has 102 valence electrons. The molecular weight excluding hydrogens is 244 g/mol. The van der Waals surface area contributed by atoms with Crippen LogP contribution in [-0.4, -0.2) is 33.9 Å². The molecular formula is C14H18N2O3. The summed E-state index contributed by atoms with van der Waals surface area (Å²) in [5.41, 5.74) is 8.94. The molecule has 1 aromatic carbocycles. The SMILES string of the molecule is Cc1c(CCN)c2cc(C(=O)O)ccc2n1CCO. The molecule has 5 nitrogen and oxygen atoms in total. The first kappa shape index (κ1) is 13.6. The van der Waals surface area contributed by atoms with E-state index in [1.54, 1.807) is 18.2 Å². The number of carboxylic acid groups (broad SMARTS) is 1. The lowest BCUT2D eigenvalue weighted by atomic mass is 10.1. The van der Waals surface area contributed by atoms with Crippen LogP contribution in [0.25, 0.3) is 10.9 Å². The van der Waals surface area contributed by atoms with Crippen molar-refractivity contribution in [3.8, 4) is 0 Å². The lowest BCUT2D eigenvalue weighted by Gasteiger charge is -2.06. The van der Waals surface area contributed by atoms with E-state index in [0.717, 1.165) is 22.2 Å². The molecule has 2 rings (SSSR count). The summed E-state index contributed by atoms with van der Waals surface area (Å²) >= 11 is 0. The number of benzene rings is 1. The van der Waals surface area contributed by atoms with E-state index in [2.05, 4.69) is 0 Å². The van der Waals surface area contributed by atoms with E-state index in [4.69, 9.17) is 15.9 Å². The topological polar surface area (TPSA) is 88.5 Å². The number of hydrogen-bond donors (Lipinski definition) is 3. The fraction of sp³-hybridized carbons (Fsp3) is 0.357. The number of rotatable bonds is 5. The van der Waals surface area contributed by atoms with Crippen LogP contribution < -0.4 is 5.73 Å². The summed E-state index contributed by atoms with van der Waals surface area (Å²) in [6, 6.07) is 5.06. The minimum atomic E-state index is -0.937. The van der Waals surface area contributed by atoms with Crippen molar-refractivity contribution in [2.45, 2.75) is 19.9 Å². The summed E-state index contributed by atoms with van der Waals surface area (Å²) in [7, 11) is 0. The van der Waals surface area contributed by atoms with Gasteiger partial charge in [0.15, 0.2) is 0 Å². The number of hydrogen-bond acceptors (Lipinski definition) is 3. The second kappa shape index (κ2) is 5.42. The second-order valence-corrected chi connectivity index (χ2v) is 4.51. The zero-order valence-corrected chi connectivity index (χ0v) is 10.9. The molecule has 1 heterocycles. The Labute approximate surface area is 111 Å². The fourth-order valence-electron chi connectivity index (χ4n) is 2.53. The maximum absolute atomic E-state index is 11.1. The maximum Gasteiger partial charge on any atom is 0.335 e. The lowest BCUT2D eigenvalue weighted by Crippen LogP contribution is -2.06. The molecule has 0 spiro atoms. The van der Waals surface area contributed by atoms with Gasteiger partial charge in [-0.1, -0.05) is 0 Å². The quantitative estimate of drug-likeness (QED) is 0.754. The van der Waals surface area contributed by atoms with Crippen molar-refractivity contribution < 1.29 is 15.0 Å². The Bertz CT molecular complexity index is 617. The van der Waals surface area contributed by atoms with E-state index in [-0.39, 0.29) is 12.2 Å². The van der Waals surface area contributed by atoms with Crippen molar-refractivity contribution >= 4 is 16.9 Å². The van der Waals surface area contributed by atoms with Gasteiger partial charge in [0.05, 0.1) is 12.2 Å². The molecule has 0 radical (unpaired) electrons. The highest BCUT2D eigenvalue weighted by Gasteiger charge is 2.15. The molecule has 4 N–H and O–H groups in total. The van der Waals surface area contributed by atoms with Gasteiger partial charge in [0.1, 0.15) is 0 Å². The molecule has 0 saturated carbocycles. The number of fused-ring (bicyclic) bond motifs is 1. The van der Waals surface area contributed by atoms with Crippen LogP contribution in [0, 0.1) is 6.92 Å². The minimum absolute atomic E-state index is 0.0490. The van der Waals surface area contributed by atoms with E-state index < -0.39 is 5.97 Å². The number of aromatic nitrogens is 1. The van der Waals surface area contributed by atoms with Gasteiger partial charge in [-0.2, -0.15) is 0 Å². The number of nitrogens with zero attached hydrogens (tertiary/aromatic N) is 1. The number of carbonyl (C=O) groups is 1. The standard InChI is InChI=1S/C14H18N2O3/c1-9-11(4-5-15)12-8-10(14(18)19)2-3-13(12)16(9)6-7-17/h2-3,8,17H,4-7,15H2,1H3,(H,18,19). The van der Waals surface area contributed by atoms with Crippen LogP contribution in [0.2, 0.25) is 0 Å². The van der Waals surface area contributed by atoms with E-state index in [0.29, 0.717) is 19.5 Å². The van der Waals surface area contributed by atoms with Gasteiger partial charge in [-0.15, -0.1) is 0 Å². The zero-order valence-electron chi connectivity index (χ0n) is 10.9. The van der Waals surface area contributed by atoms with Crippen molar-refractivity contribution in [3.05, 3.63) is 35.0 Å². The van der Waals surface area contributed by atoms with Crippen LogP contribution in [0.4, 0.5) is 0 Å². The molecule has 2 aromatic rings. The molecule has 0 aliphatic carbocycles. The van der Waals surface area contributed by atoms with Crippen molar-refractivity contribution in [2.75, 3.05) is 13.2 Å². The Morgan fingerprint density at radius 3 is 2.74 bits per heavy atom. The van der Waals surface area contributed by atoms with Crippen molar-refractivity contribution in [2.24, 2.45) is 5.73 Å². The molecule has 0 fully saturated rings. The van der Waals surface area contributed by atoms with Gasteiger partial charge in [-0.3, -0.25) is 0 Å². The van der Waals surface area contributed by atoms with Crippen LogP contribution in [-0.2, 0) is 13.0 Å². The monoisotopic (exact) mass is 262 g/mol. The molecule has 1 aromatic heterocycles. The average Bonchev–Trinajstić information content (AvgIpc) is 2.64. The molecule has 0 unspecified atom stereocenters. The van der Waals surface area contributed by atoms with Crippen molar-refractivity contribution in [3.63, 3.8) is 0 Å². The molecule has 19 heavy (non-hydrogen) atoms. The molecule has 0 atom stereocenters. The van der Waals surface area contributed by atoms with Crippen LogP contribution in [0.15, 0.2) is 18.2 Å². The largest absolute Gasteiger partial charge is 0.478 e. The van der Waals surface area contributed by atoms with Crippen molar-refractivity contribution in [1.82, 2.24) is 4.57 Å². The summed E-state index contributed by atoms with van der Waals surface area (Å²) in [6.45, 7) is 3.03. The number of aliphatic hydroxyl groups is 1. The van der Waals surface area contributed by atoms with Crippen LogP contribution >= 0.6 is 0 Å². The minimum Gasteiger partial charge on any atom is -0.478 e. The van der Waals surface area contributed by atoms with Gasteiger partial charge in [0, 0.05) is 23.1 Å². The predicted octanol–water partition coefficient (Wildman–Crippen LogP) is 1.14. The zero-order chi connectivity index (χ0) is 14.0. The fourth-order valence-corrected chi connectivity index (χ4v) is 2.53. The van der Waals surface area contributed by atoms with Gasteiger partial charge < -0.3 is 20.5 Å². The third kappa shape index (κ3) is 2.34. The number of aliphatic hydroxyl groups excluding tert-OH is 1. The molecule has 0 amide bonds. The maximum atomic E-state index is 11.1. The van der Waals surface area contributed by atoms with Gasteiger partial charge in [0.25, 0.3) is 0 Å². The molecule has 5 heteroatoms. The lowest BCUT2D eigenvalue weighted by molar-refractivity contribution is 0.0697. The summed E-state index contributed by atoms with van der Waals surface area (Å²) in [5, 5.41) is 19.1. The molecule has 0 bridgehead atoms. The average molecular weight is 262 g/mol. The Hall–Kier alpha value is -1.85. The van der Waals surface area contributed by atoms with Gasteiger partial charge in [-0.05, 0) is 43.7 Å². The molecule has 0 saturated heterocycles. The smallest absolute Gasteiger partial charge is 0.335 e. The summed E-state index contributed by atoms with van der Waals surface area (Å²) < 4.78 is 2.01. The molecule has 0 aliphatic rings. The predicted molar refractivity (Wildman–Crippen MR) is 73.5 cm³/mol. The van der Waals surface area contributed by atoms with Gasteiger partial charge in [0.2, 0.25) is 0 Å². The van der Waals surface area contributed by atoms with E-state index in [9.17, 15) is 4.79 Å². The van der Waals surface area contributed by atoms with E-state index >= 15 is 0 Å². The normalized spacial score (nSPS) is 11.1. The second-order valence-electron chi connectivity index (χ2n) is 4.51. The van der Waals surface area contributed by atoms with Crippen LogP contribution in [0.3, 0.4) is 0 Å². The first-order valence-corrected chi connectivity index (χ1v) is 6.26. The Kier molecular flexibility index (Phi) is 3.87. The van der Waals surface area contributed by atoms with Crippen LogP contribution in [0.1, 0.15) is 21.6 Å². The van der Waals surface area contributed by atoms with Crippen LogP contribution in [0.5, 0.6) is 0 Å². The summed E-state index contributed by atoms with van der Waals surface area (Å²) in [4.78, 5) is 11.1. The molecule has 0 aliphatic heterocycles. The highest BCUT2D eigenvalue weighted by Crippen LogP contribution is 2.27.